The van der Waals surface area contributed by atoms with E-state index in [4.69, 9.17) is 10.5 Å². The van der Waals surface area contributed by atoms with Crippen LogP contribution in [0.3, 0.4) is 0 Å². The van der Waals surface area contributed by atoms with Crippen molar-refractivity contribution in [2.45, 2.75) is 33.0 Å². The van der Waals surface area contributed by atoms with Crippen LogP contribution in [-0.2, 0) is 26.1 Å². The number of nitrogens with one attached hydrogen (secondary N) is 1. The Balaban J connectivity index is 0.00000240. The molecule has 0 atom stereocenters. The van der Waals surface area contributed by atoms with Crippen molar-refractivity contribution in [1.29, 1.82) is 0 Å². The summed E-state index contributed by atoms with van der Waals surface area (Å²) < 4.78 is 5.72. The van der Waals surface area contributed by atoms with Crippen LogP contribution in [0.5, 0.6) is 5.88 Å². The standard InChI is InChI=1S/C20H22N6O2.ClH/c1-13-17-10-26(6-5-18(17)25-24-13)20(27)15-4-2-3-14(7-15)11-28-19-8-16(9-21)22-12-23-19;/h2-4,7-8,12H,5-6,9-11,21H2,1H3,(H,24,25);1H. The lowest BCUT2D eigenvalue weighted by molar-refractivity contribution is 0.0734. The highest BCUT2D eigenvalue weighted by Gasteiger charge is 2.24. The number of aryl methyl sites for hydroxylation is 1. The fourth-order valence-corrected chi connectivity index (χ4v) is 3.31. The highest BCUT2D eigenvalue weighted by atomic mass is 35.5. The first-order valence-electron chi connectivity index (χ1n) is 9.18. The first-order valence-corrected chi connectivity index (χ1v) is 9.18. The Morgan fingerprint density at radius 3 is 3.00 bits per heavy atom. The van der Waals surface area contributed by atoms with Crippen LogP contribution in [0.2, 0.25) is 0 Å². The molecule has 0 saturated carbocycles. The Morgan fingerprint density at radius 1 is 1.31 bits per heavy atom. The molecule has 2 aromatic heterocycles. The molecule has 0 spiro atoms. The zero-order valence-electron chi connectivity index (χ0n) is 16.1. The Bertz CT molecular complexity index is 1010. The van der Waals surface area contributed by atoms with Gasteiger partial charge in [-0.1, -0.05) is 12.1 Å². The van der Waals surface area contributed by atoms with Crippen molar-refractivity contribution in [3.63, 3.8) is 0 Å². The van der Waals surface area contributed by atoms with Crippen LogP contribution in [0.4, 0.5) is 0 Å². The minimum Gasteiger partial charge on any atom is -0.473 e. The van der Waals surface area contributed by atoms with Crippen molar-refractivity contribution in [1.82, 2.24) is 25.1 Å². The lowest BCUT2D eigenvalue weighted by Crippen LogP contribution is -2.36. The van der Waals surface area contributed by atoms with Gasteiger partial charge in [0.25, 0.3) is 5.91 Å². The molecule has 9 heteroatoms. The number of nitrogens with zero attached hydrogens (tertiary/aromatic N) is 4. The largest absolute Gasteiger partial charge is 0.473 e. The van der Waals surface area contributed by atoms with Crippen LogP contribution in [-0.4, -0.2) is 37.5 Å². The van der Waals surface area contributed by atoms with Gasteiger partial charge in [0, 0.05) is 48.9 Å². The number of carbonyl (C=O) groups excluding carboxylic acids is 1. The molecule has 1 amide bonds. The zero-order chi connectivity index (χ0) is 19.5. The molecule has 1 aliphatic rings. The van der Waals surface area contributed by atoms with Gasteiger partial charge in [0.05, 0.1) is 11.4 Å². The van der Waals surface area contributed by atoms with Gasteiger partial charge in [-0.15, -0.1) is 12.4 Å². The number of hydrogen-bond acceptors (Lipinski definition) is 6. The normalized spacial score (nSPS) is 12.8. The molecule has 3 heterocycles. The number of hydrogen-bond donors (Lipinski definition) is 2. The second kappa shape index (κ2) is 9.02. The zero-order valence-corrected chi connectivity index (χ0v) is 16.9. The van der Waals surface area contributed by atoms with Crippen LogP contribution in [0, 0.1) is 6.92 Å². The van der Waals surface area contributed by atoms with E-state index in [1.807, 2.05) is 36.1 Å². The molecular formula is C20H23ClN6O2. The number of amides is 1. The van der Waals surface area contributed by atoms with E-state index in [1.54, 1.807) is 6.07 Å². The summed E-state index contributed by atoms with van der Waals surface area (Å²) in [5.74, 6) is 0.478. The fraction of sp³-hybridized carbons (Fsp3) is 0.300. The number of carbonyl (C=O) groups is 1. The first kappa shape index (κ1) is 20.8. The minimum absolute atomic E-state index is 0. The third-order valence-corrected chi connectivity index (χ3v) is 4.88. The molecule has 0 saturated heterocycles. The van der Waals surface area contributed by atoms with Crippen LogP contribution < -0.4 is 10.5 Å². The maximum Gasteiger partial charge on any atom is 0.254 e. The second-order valence-corrected chi connectivity index (χ2v) is 6.79. The second-order valence-electron chi connectivity index (χ2n) is 6.79. The lowest BCUT2D eigenvalue weighted by atomic mass is 10.0. The SMILES string of the molecule is Cc1[nH]nc2c1CN(C(=O)c1cccc(COc3cc(CN)ncn3)c1)CC2.Cl. The van der Waals surface area contributed by atoms with Crippen molar-refractivity contribution >= 4 is 18.3 Å². The van der Waals surface area contributed by atoms with Gasteiger partial charge >= 0.3 is 0 Å². The average molecular weight is 415 g/mol. The number of aromatic amines is 1. The molecule has 3 N–H and O–H groups in total. The van der Waals surface area contributed by atoms with Crippen LogP contribution in [0.25, 0.3) is 0 Å². The third-order valence-electron chi connectivity index (χ3n) is 4.88. The molecule has 8 nitrogen and oxygen atoms in total. The molecule has 3 aromatic rings. The lowest BCUT2D eigenvalue weighted by Gasteiger charge is -2.27. The van der Waals surface area contributed by atoms with Crippen LogP contribution in [0.15, 0.2) is 36.7 Å². The molecular weight excluding hydrogens is 392 g/mol. The third kappa shape index (κ3) is 4.55. The number of nitrogens with two attached hydrogens (primary N) is 1. The molecule has 0 bridgehead atoms. The number of halogens is 1. The fourth-order valence-electron chi connectivity index (χ4n) is 3.31. The van der Waals surface area contributed by atoms with Crippen LogP contribution in [0.1, 0.15) is 38.6 Å². The Morgan fingerprint density at radius 2 is 2.17 bits per heavy atom. The number of H-pyrrole nitrogens is 1. The maximum absolute atomic E-state index is 13.0. The Labute approximate surface area is 174 Å². The molecule has 0 aliphatic carbocycles. The van der Waals surface area contributed by atoms with Gasteiger partial charge in [-0.05, 0) is 24.6 Å². The van der Waals surface area contributed by atoms with Gasteiger partial charge < -0.3 is 15.4 Å². The summed E-state index contributed by atoms with van der Waals surface area (Å²) in [5.41, 5.74) is 11.1. The maximum atomic E-state index is 13.0. The average Bonchev–Trinajstić information content (AvgIpc) is 3.12. The summed E-state index contributed by atoms with van der Waals surface area (Å²) in [6.45, 7) is 3.88. The summed E-state index contributed by atoms with van der Waals surface area (Å²) in [6, 6.07) is 9.21. The van der Waals surface area contributed by atoms with E-state index in [0.29, 0.717) is 43.4 Å². The van der Waals surface area contributed by atoms with E-state index in [2.05, 4.69) is 20.2 Å². The topological polar surface area (TPSA) is 110 Å². The summed E-state index contributed by atoms with van der Waals surface area (Å²) in [5, 5.41) is 7.31. The van der Waals surface area contributed by atoms with Gasteiger partial charge in [0.1, 0.15) is 12.9 Å². The van der Waals surface area contributed by atoms with Crippen molar-refractivity contribution in [3.05, 3.63) is 70.4 Å². The Kier molecular flexibility index (Phi) is 6.46. The van der Waals surface area contributed by atoms with E-state index in [9.17, 15) is 4.79 Å². The highest BCUT2D eigenvalue weighted by molar-refractivity contribution is 5.94. The summed E-state index contributed by atoms with van der Waals surface area (Å²) in [7, 11) is 0. The predicted octanol–water partition coefficient (Wildman–Crippen LogP) is 2.17. The number of aromatic nitrogens is 4. The van der Waals surface area contributed by atoms with Gasteiger partial charge in [-0.2, -0.15) is 5.10 Å². The quantitative estimate of drug-likeness (QED) is 0.662. The van der Waals surface area contributed by atoms with Gasteiger partial charge in [0.2, 0.25) is 5.88 Å². The first-order chi connectivity index (χ1) is 13.6. The van der Waals surface area contributed by atoms with Crippen molar-refractivity contribution in [2.75, 3.05) is 6.54 Å². The van der Waals surface area contributed by atoms with Crippen molar-refractivity contribution in [2.24, 2.45) is 5.73 Å². The predicted molar refractivity (Wildman–Crippen MR) is 110 cm³/mol. The molecule has 1 aliphatic heterocycles. The summed E-state index contributed by atoms with van der Waals surface area (Å²) in [6.07, 6.45) is 2.20. The summed E-state index contributed by atoms with van der Waals surface area (Å²) in [4.78, 5) is 23.0. The van der Waals surface area contributed by atoms with E-state index < -0.39 is 0 Å². The number of fused-ring (bicyclic) bond motifs is 1. The molecule has 1 aromatic carbocycles. The molecule has 152 valence electrons. The van der Waals surface area contributed by atoms with Gasteiger partial charge in [0.15, 0.2) is 0 Å². The summed E-state index contributed by atoms with van der Waals surface area (Å²) >= 11 is 0. The highest BCUT2D eigenvalue weighted by Crippen LogP contribution is 2.22. The van der Waals surface area contributed by atoms with E-state index in [1.165, 1.54) is 6.33 Å². The van der Waals surface area contributed by atoms with Gasteiger partial charge in [-0.25, -0.2) is 9.97 Å². The van der Waals surface area contributed by atoms with E-state index in [0.717, 1.165) is 28.9 Å². The van der Waals surface area contributed by atoms with Crippen molar-refractivity contribution < 1.29 is 9.53 Å². The molecule has 0 fully saturated rings. The van der Waals surface area contributed by atoms with Crippen molar-refractivity contribution in [3.8, 4) is 5.88 Å². The van der Waals surface area contributed by atoms with Gasteiger partial charge in [-0.3, -0.25) is 9.89 Å². The molecule has 0 radical (unpaired) electrons. The smallest absolute Gasteiger partial charge is 0.254 e. The number of benzene rings is 1. The Hall–Kier alpha value is -2.97. The molecule has 29 heavy (non-hydrogen) atoms. The van der Waals surface area contributed by atoms with E-state index >= 15 is 0 Å². The number of rotatable bonds is 5. The molecule has 0 unspecified atom stereocenters. The van der Waals surface area contributed by atoms with Crippen LogP contribution >= 0.6 is 12.4 Å². The molecule has 4 rings (SSSR count). The van der Waals surface area contributed by atoms with E-state index in [-0.39, 0.29) is 18.3 Å². The monoisotopic (exact) mass is 414 g/mol. The number of ether oxygens (including phenoxy) is 1. The minimum atomic E-state index is 0.